The molecule has 0 aliphatic carbocycles. The summed E-state index contributed by atoms with van der Waals surface area (Å²) in [6.07, 6.45) is 3.97. The van der Waals surface area contributed by atoms with Gasteiger partial charge in [-0.1, -0.05) is 44.7 Å². The first-order chi connectivity index (χ1) is 12.9. The molecule has 3 amide bonds. The Morgan fingerprint density at radius 1 is 1.15 bits per heavy atom. The molecule has 0 spiro atoms. The van der Waals surface area contributed by atoms with Crippen LogP contribution in [0.2, 0.25) is 0 Å². The number of urea groups is 1. The molecule has 0 aliphatic rings. The number of methoxy groups -OCH3 is 1. The zero-order chi connectivity index (χ0) is 20.3. The van der Waals surface area contributed by atoms with Gasteiger partial charge in [0.2, 0.25) is 5.91 Å². The molecule has 0 heterocycles. The van der Waals surface area contributed by atoms with E-state index in [9.17, 15) is 18.0 Å². The summed E-state index contributed by atoms with van der Waals surface area (Å²) in [4.78, 5) is 24.7. The molecule has 1 rings (SSSR count). The molecule has 1 atom stereocenters. The average Bonchev–Trinajstić information content (AvgIpc) is 2.67. The summed E-state index contributed by atoms with van der Waals surface area (Å²) in [6, 6.07) is 6.13. The summed E-state index contributed by atoms with van der Waals surface area (Å²) < 4.78 is 30.8. The topological polar surface area (TPSA) is 114 Å². The first-order valence-corrected chi connectivity index (χ1v) is 9.87. The summed E-state index contributed by atoms with van der Waals surface area (Å²) >= 11 is 0. The van der Waals surface area contributed by atoms with Crippen molar-refractivity contribution in [3.05, 3.63) is 29.8 Å². The number of carbonyl (C=O) groups is 2. The highest BCUT2D eigenvalue weighted by molar-refractivity contribution is 7.61. The van der Waals surface area contributed by atoms with Crippen LogP contribution in [-0.4, -0.2) is 41.1 Å². The van der Waals surface area contributed by atoms with Gasteiger partial charge in [-0.3, -0.25) is 10.1 Å². The van der Waals surface area contributed by atoms with Crippen molar-refractivity contribution >= 4 is 22.4 Å². The molecule has 0 bridgehead atoms. The highest BCUT2D eigenvalue weighted by atomic mass is 32.2. The quantitative estimate of drug-likeness (QED) is 0.589. The van der Waals surface area contributed by atoms with Crippen LogP contribution in [0.4, 0.5) is 4.79 Å². The lowest BCUT2D eigenvalue weighted by Gasteiger charge is -2.31. The monoisotopic (exact) mass is 397 g/mol. The van der Waals surface area contributed by atoms with Crippen molar-refractivity contribution in [3.8, 4) is 5.75 Å². The van der Waals surface area contributed by atoms with Crippen molar-refractivity contribution in [2.45, 2.75) is 44.4 Å². The van der Waals surface area contributed by atoms with Crippen molar-refractivity contribution in [1.29, 1.82) is 0 Å². The molecular formula is C18H27N3O5S. The number of carbonyl (C=O) groups excluding carboxylic acids is 2. The largest absolute Gasteiger partial charge is 0.497 e. The fraction of sp³-hybridized carbons (Fsp3) is 0.556. The minimum Gasteiger partial charge on any atom is -0.497 e. The number of imide groups is 1. The first kappa shape index (κ1) is 22.6. The van der Waals surface area contributed by atoms with E-state index >= 15 is 0 Å². The fourth-order valence-electron chi connectivity index (χ4n) is 2.84. The molecule has 27 heavy (non-hydrogen) atoms. The molecule has 0 aromatic heterocycles. The Hall–Kier alpha value is -2.42. The maximum absolute atomic E-state index is 13.0. The molecule has 0 aliphatic heterocycles. The van der Waals surface area contributed by atoms with Gasteiger partial charge in [-0.05, 0) is 24.1 Å². The van der Waals surface area contributed by atoms with Gasteiger partial charge in [0.05, 0.1) is 19.1 Å². The second-order valence-corrected chi connectivity index (χ2v) is 6.85. The van der Waals surface area contributed by atoms with E-state index in [0.717, 1.165) is 19.3 Å². The third-order valence-corrected chi connectivity index (χ3v) is 4.77. The Morgan fingerprint density at radius 2 is 1.81 bits per heavy atom. The number of nitrogens with zero attached hydrogens (tertiary/aromatic N) is 1. The van der Waals surface area contributed by atoms with Gasteiger partial charge in [0, 0.05) is 7.05 Å². The molecule has 0 radical (unpaired) electrons. The number of hydrogen-bond acceptors (Lipinski definition) is 6. The Labute approximate surface area is 161 Å². The van der Waals surface area contributed by atoms with Crippen molar-refractivity contribution in [3.63, 3.8) is 0 Å². The zero-order valence-corrected chi connectivity index (χ0v) is 16.8. The molecule has 0 fully saturated rings. The van der Waals surface area contributed by atoms with Crippen LogP contribution in [0.25, 0.3) is 0 Å². The molecule has 0 saturated heterocycles. The maximum Gasteiger partial charge on any atom is 0.321 e. The van der Waals surface area contributed by atoms with Crippen LogP contribution in [0.3, 0.4) is 0 Å². The molecular weight excluding hydrogens is 370 g/mol. The summed E-state index contributed by atoms with van der Waals surface area (Å²) in [7, 11) is 0.266. The third-order valence-electron chi connectivity index (χ3n) is 4.43. The Kier molecular flexibility index (Phi) is 9.49. The van der Waals surface area contributed by atoms with Crippen molar-refractivity contribution in [2.75, 3.05) is 20.7 Å². The number of ether oxygens (including phenoxy) is 1. The zero-order valence-electron chi connectivity index (χ0n) is 15.9. The standard InChI is InChI=1S/C18H27N3O5S/c1-4-5-6-7-12-18(13-20-27(24)25,16(22)21-17(23)19-2)14-8-10-15(26-3)11-9-14/h8-11H,4-7,12-13H2,1-3H3,(H2,19,21,22,23). The van der Waals surface area contributed by atoms with Crippen molar-refractivity contribution in [2.24, 2.45) is 4.36 Å². The van der Waals surface area contributed by atoms with Gasteiger partial charge in [-0.2, -0.15) is 12.8 Å². The Balaban J connectivity index is 3.36. The van der Waals surface area contributed by atoms with Crippen molar-refractivity contribution in [1.82, 2.24) is 10.6 Å². The normalized spacial score (nSPS) is 12.6. The number of benzene rings is 1. The minimum atomic E-state index is -2.66. The van der Waals surface area contributed by atoms with Gasteiger partial charge < -0.3 is 10.1 Å². The predicted octanol–water partition coefficient (Wildman–Crippen LogP) is 2.42. The lowest BCUT2D eigenvalue weighted by Crippen LogP contribution is -2.51. The van der Waals surface area contributed by atoms with Gasteiger partial charge >= 0.3 is 16.5 Å². The van der Waals surface area contributed by atoms with Crippen LogP contribution in [-0.2, 0) is 20.7 Å². The Morgan fingerprint density at radius 3 is 2.33 bits per heavy atom. The van der Waals surface area contributed by atoms with Crippen LogP contribution in [0.1, 0.15) is 44.6 Å². The Bertz CT molecular complexity index is 754. The second kappa shape index (κ2) is 11.3. The lowest BCUT2D eigenvalue weighted by molar-refractivity contribution is -0.125. The van der Waals surface area contributed by atoms with E-state index < -0.39 is 27.9 Å². The summed E-state index contributed by atoms with van der Waals surface area (Å²) in [5, 5.41) is 4.62. The molecule has 1 aromatic carbocycles. The van der Waals surface area contributed by atoms with E-state index in [4.69, 9.17) is 4.74 Å². The van der Waals surface area contributed by atoms with Gasteiger partial charge in [-0.15, -0.1) is 0 Å². The molecule has 9 heteroatoms. The van der Waals surface area contributed by atoms with E-state index in [1.165, 1.54) is 14.2 Å². The number of amides is 3. The average molecular weight is 397 g/mol. The number of rotatable bonds is 10. The predicted molar refractivity (Wildman–Crippen MR) is 102 cm³/mol. The second-order valence-electron chi connectivity index (χ2n) is 6.16. The highest BCUT2D eigenvalue weighted by Gasteiger charge is 2.40. The minimum absolute atomic E-state index is 0.273. The molecule has 2 N–H and O–H groups in total. The first-order valence-electron chi connectivity index (χ1n) is 8.84. The molecule has 0 saturated carbocycles. The van der Waals surface area contributed by atoms with E-state index in [2.05, 4.69) is 21.9 Å². The fourth-order valence-corrected chi connectivity index (χ4v) is 3.17. The van der Waals surface area contributed by atoms with Crippen molar-refractivity contribution < 1.29 is 22.7 Å². The van der Waals surface area contributed by atoms with Crippen LogP contribution in [0, 0.1) is 0 Å². The summed E-state index contributed by atoms with van der Waals surface area (Å²) in [5.74, 6) is 0.0207. The summed E-state index contributed by atoms with van der Waals surface area (Å²) in [5.41, 5.74) is -0.692. The SMILES string of the molecule is CCCCCCC(CN=S(=O)=O)(C(=O)NC(=O)NC)c1ccc(OC)cc1. The van der Waals surface area contributed by atoms with Gasteiger partial charge in [0.1, 0.15) is 5.75 Å². The van der Waals surface area contributed by atoms with Crippen LogP contribution in [0.15, 0.2) is 28.6 Å². The molecule has 8 nitrogen and oxygen atoms in total. The molecule has 150 valence electrons. The van der Waals surface area contributed by atoms with Crippen LogP contribution < -0.4 is 15.4 Å². The molecule has 1 unspecified atom stereocenters. The summed E-state index contributed by atoms with van der Waals surface area (Å²) in [6.45, 7) is 1.80. The van der Waals surface area contributed by atoms with Gasteiger partial charge in [0.25, 0.3) is 0 Å². The maximum atomic E-state index is 13.0. The highest BCUT2D eigenvalue weighted by Crippen LogP contribution is 2.33. The lowest BCUT2D eigenvalue weighted by atomic mass is 9.75. The van der Waals surface area contributed by atoms with Crippen LogP contribution in [0.5, 0.6) is 5.75 Å². The number of hydrogen-bond donors (Lipinski definition) is 2. The van der Waals surface area contributed by atoms with Gasteiger partial charge in [-0.25, -0.2) is 4.79 Å². The van der Waals surface area contributed by atoms with E-state index in [1.54, 1.807) is 24.3 Å². The smallest absolute Gasteiger partial charge is 0.321 e. The number of unbranched alkanes of at least 4 members (excludes halogenated alkanes) is 3. The molecule has 1 aromatic rings. The van der Waals surface area contributed by atoms with Gasteiger partial charge in [0.15, 0.2) is 0 Å². The third kappa shape index (κ3) is 6.67. The number of nitrogens with one attached hydrogen (secondary N) is 2. The van der Waals surface area contributed by atoms with Crippen LogP contribution >= 0.6 is 0 Å². The van der Waals surface area contributed by atoms with E-state index in [1.807, 2.05) is 0 Å². The van der Waals surface area contributed by atoms with E-state index in [0.29, 0.717) is 24.2 Å². The van der Waals surface area contributed by atoms with E-state index in [-0.39, 0.29) is 6.54 Å².